The molecule has 5 rings (SSSR count). The molecule has 0 saturated carbocycles. The van der Waals surface area contributed by atoms with Gasteiger partial charge in [0.25, 0.3) is 0 Å². The zero-order chi connectivity index (χ0) is 19.3. The summed E-state index contributed by atoms with van der Waals surface area (Å²) < 4.78 is 7.19. The van der Waals surface area contributed by atoms with Gasteiger partial charge in [-0.15, -0.1) is 0 Å². The number of likely N-dealkylation sites (tertiary alicyclic amines) is 1. The van der Waals surface area contributed by atoms with Crippen LogP contribution in [0.25, 0.3) is 22.1 Å². The number of fused-ring (bicyclic) bond motifs is 3. The summed E-state index contributed by atoms with van der Waals surface area (Å²) in [5, 5.41) is 0.916. The molecule has 3 aromatic rings. The molecule has 0 unspecified atom stereocenters. The second kappa shape index (κ2) is 6.66. The van der Waals surface area contributed by atoms with Crippen molar-refractivity contribution < 1.29 is 9.53 Å². The molecule has 0 radical (unpaired) electrons. The Bertz CT molecular complexity index is 1080. The maximum atomic E-state index is 13.0. The molecule has 9 nitrogen and oxygen atoms in total. The normalized spacial score (nSPS) is 23.6. The number of urea groups is 1. The van der Waals surface area contributed by atoms with Gasteiger partial charge in [0.05, 0.1) is 36.5 Å². The minimum atomic E-state index is -0.150. The van der Waals surface area contributed by atoms with Crippen molar-refractivity contribution in [1.82, 2.24) is 29.3 Å². The molecule has 2 N–H and O–H groups in total. The van der Waals surface area contributed by atoms with E-state index in [2.05, 4.69) is 21.9 Å². The summed E-state index contributed by atoms with van der Waals surface area (Å²) in [5.74, 6) is 0.285. The summed E-state index contributed by atoms with van der Waals surface area (Å²) >= 11 is 0. The number of nitrogens with zero attached hydrogens (tertiary/aromatic N) is 4. The van der Waals surface area contributed by atoms with Gasteiger partial charge in [-0.3, -0.25) is 4.57 Å². The number of hydrogen-bond acceptors (Lipinski definition) is 4. The average Bonchev–Trinajstić information content (AvgIpc) is 3.32. The number of carbonyl (C=O) groups excluding carboxylic acids is 1. The van der Waals surface area contributed by atoms with E-state index < -0.39 is 0 Å². The van der Waals surface area contributed by atoms with Gasteiger partial charge in [0.1, 0.15) is 5.65 Å². The number of aromatic amines is 2. The molecular formula is C19H24N6O3. The molecule has 0 aliphatic carbocycles. The topological polar surface area (TPSA) is 99.2 Å². The fraction of sp³-hybridized carbons (Fsp3) is 0.526. The Hall–Kier alpha value is -2.81. The Kier molecular flexibility index (Phi) is 4.12. The number of nitrogens with one attached hydrogen (secondary N) is 2. The highest BCUT2D eigenvalue weighted by molar-refractivity contribution is 6.00. The number of hydrogen-bond donors (Lipinski definition) is 2. The van der Waals surface area contributed by atoms with Crippen molar-refractivity contribution in [2.75, 3.05) is 39.4 Å². The van der Waals surface area contributed by atoms with E-state index in [4.69, 9.17) is 4.74 Å². The lowest BCUT2D eigenvalue weighted by molar-refractivity contribution is 0.0367. The van der Waals surface area contributed by atoms with E-state index in [1.807, 2.05) is 26.6 Å². The third kappa shape index (κ3) is 2.69. The lowest BCUT2D eigenvalue weighted by Crippen LogP contribution is -2.53. The minimum absolute atomic E-state index is 0.0431. The lowest BCUT2D eigenvalue weighted by Gasteiger charge is -2.40. The summed E-state index contributed by atoms with van der Waals surface area (Å²) in [4.78, 5) is 40.0. The van der Waals surface area contributed by atoms with Crippen LogP contribution in [-0.4, -0.2) is 74.7 Å². The average molecular weight is 384 g/mol. The monoisotopic (exact) mass is 384 g/mol. The smallest absolute Gasteiger partial charge is 0.326 e. The second-order valence-corrected chi connectivity index (χ2v) is 7.72. The Morgan fingerprint density at radius 3 is 2.89 bits per heavy atom. The van der Waals surface area contributed by atoms with Gasteiger partial charge in [-0.1, -0.05) is 6.92 Å². The zero-order valence-electron chi connectivity index (χ0n) is 15.9. The van der Waals surface area contributed by atoms with Gasteiger partial charge in [-0.05, 0) is 18.4 Å². The molecule has 28 heavy (non-hydrogen) atoms. The van der Waals surface area contributed by atoms with Crippen LogP contribution in [0.4, 0.5) is 4.79 Å². The molecule has 2 aliphatic rings. The molecule has 2 aliphatic heterocycles. The number of piperidine rings is 1. The fourth-order valence-electron chi connectivity index (χ4n) is 4.45. The molecule has 2 amide bonds. The Morgan fingerprint density at radius 1 is 1.25 bits per heavy atom. The zero-order valence-corrected chi connectivity index (χ0v) is 15.9. The molecule has 0 aromatic carbocycles. The van der Waals surface area contributed by atoms with Gasteiger partial charge in [0.15, 0.2) is 0 Å². The maximum absolute atomic E-state index is 13.0. The number of ether oxygens (including phenoxy) is 1. The number of aromatic nitrogens is 4. The first kappa shape index (κ1) is 17.3. The van der Waals surface area contributed by atoms with E-state index in [9.17, 15) is 9.59 Å². The molecule has 5 heterocycles. The highest BCUT2D eigenvalue weighted by atomic mass is 16.5. The van der Waals surface area contributed by atoms with E-state index in [1.54, 1.807) is 6.20 Å². The molecule has 2 fully saturated rings. The molecule has 0 bridgehead atoms. The fourth-order valence-corrected chi connectivity index (χ4v) is 4.45. The first-order valence-electron chi connectivity index (χ1n) is 9.81. The number of pyridine rings is 1. The molecule has 148 valence electrons. The van der Waals surface area contributed by atoms with E-state index in [1.165, 1.54) is 0 Å². The lowest BCUT2D eigenvalue weighted by atomic mass is 9.93. The second-order valence-electron chi connectivity index (χ2n) is 7.72. The SMILES string of the molecule is C[C@@H]1CCN(C(=O)N2CCOCC2)C[C@@H]1n1c(=O)[nH]c2cnc3[nH]ccc3c21. The summed E-state index contributed by atoms with van der Waals surface area (Å²) in [5.41, 5.74) is 2.18. The van der Waals surface area contributed by atoms with Crippen molar-refractivity contribution in [3.05, 3.63) is 28.9 Å². The van der Waals surface area contributed by atoms with Crippen molar-refractivity contribution in [2.45, 2.75) is 19.4 Å². The van der Waals surface area contributed by atoms with Crippen LogP contribution in [0.5, 0.6) is 0 Å². The van der Waals surface area contributed by atoms with Gasteiger partial charge in [0.2, 0.25) is 0 Å². The first-order chi connectivity index (χ1) is 13.6. The Balaban J connectivity index is 1.52. The molecule has 0 spiro atoms. The van der Waals surface area contributed by atoms with Crippen LogP contribution in [0.2, 0.25) is 0 Å². The quantitative estimate of drug-likeness (QED) is 0.665. The molecule has 3 aromatic heterocycles. The molecule has 9 heteroatoms. The number of H-pyrrole nitrogens is 2. The van der Waals surface area contributed by atoms with Crippen LogP contribution in [0.3, 0.4) is 0 Å². The van der Waals surface area contributed by atoms with Crippen molar-refractivity contribution in [3.63, 3.8) is 0 Å². The van der Waals surface area contributed by atoms with E-state index in [0.717, 1.165) is 28.5 Å². The first-order valence-corrected chi connectivity index (χ1v) is 9.81. The van der Waals surface area contributed by atoms with Crippen LogP contribution in [-0.2, 0) is 4.74 Å². The molecule has 2 atom stereocenters. The number of carbonyl (C=O) groups is 1. The summed E-state index contributed by atoms with van der Waals surface area (Å²) in [7, 11) is 0. The number of rotatable bonds is 1. The van der Waals surface area contributed by atoms with Gasteiger partial charge in [-0.25, -0.2) is 14.6 Å². The summed E-state index contributed by atoms with van der Waals surface area (Å²) in [6, 6.07) is 1.90. The summed E-state index contributed by atoms with van der Waals surface area (Å²) in [6.45, 7) is 5.81. The summed E-state index contributed by atoms with van der Waals surface area (Å²) in [6.07, 6.45) is 4.38. The van der Waals surface area contributed by atoms with Gasteiger partial charge >= 0.3 is 11.7 Å². The van der Waals surface area contributed by atoms with Crippen LogP contribution in [0, 0.1) is 5.92 Å². The molecular weight excluding hydrogens is 360 g/mol. The van der Waals surface area contributed by atoms with Gasteiger partial charge < -0.3 is 24.5 Å². The van der Waals surface area contributed by atoms with Crippen molar-refractivity contribution in [2.24, 2.45) is 5.92 Å². The van der Waals surface area contributed by atoms with E-state index in [0.29, 0.717) is 39.4 Å². The van der Waals surface area contributed by atoms with Crippen LogP contribution in [0.1, 0.15) is 19.4 Å². The van der Waals surface area contributed by atoms with Gasteiger partial charge in [-0.2, -0.15) is 0 Å². The van der Waals surface area contributed by atoms with Crippen LogP contribution >= 0.6 is 0 Å². The highest BCUT2D eigenvalue weighted by Gasteiger charge is 2.34. The van der Waals surface area contributed by atoms with Gasteiger partial charge in [0, 0.05) is 37.8 Å². The van der Waals surface area contributed by atoms with Crippen LogP contribution < -0.4 is 5.69 Å². The predicted molar refractivity (Wildman–Crippen MR) is 104 cm³/mol. The van der Waals surface area contributed by atoms with Crippen molar-refractivity contribution in [3.8, 4) is 0 Å². The van der Waals surface area contributed by atoms with Crippen molar-refractivity contribution >= 4 is 28.1 Å². The number of morpholine rings is 1. The highest BCUT2D eigenvalue weighted by Crippen LogP contribution is 2.31. The van der Waals surface area contributed by atoms with Crippen LogP contribution in [0.15, 0.2) is 23.3 Å². The largest absolute Gasteiger partial charge is 0.378 e. The van der Waals surface area contributed by atoms with Crippen molar-refractivity contribution in [1.29, 1.82) is 0 Å². The minimum Gasteiger partial charge on any atom is -0.378 e. The maximum Gasteiger partial charge on any atom is 0.326 e. The van der Waals surface area contributed by atoms with E-state index >= 15 is 0 Å². The number of amides is 2. The molecule has 2 saturated heterocycles. The van der Waals surface area contributed by atoms with E-state index in [-0.39, 0.29) is 23.7 Å². The number of imidazole rings is 1. The third-order valence-corrected chi connectivity index (χ3v) is 6.06. The third-order valence-electron chi connectivity index (χ3n) is 6.06. The predicted octanol–water partition coefficient (Wildman–Crippen LogP) is 1.54. The Labute approximate surface area is 161 Å². The standard InChI is InChI=1S/C19H24N6O3/c1-12-3-5-24(19(27)23-6-8-28-9-7-23)11-15(12)25-16-13-2-4-20-17(13)21-10-14(16)22-18(25)26/h2,4,10,12,15H,3,5-9,11H2,1H3,(H,20,21)(H,22,26)/t12-,15+/m1/s1. The Morgan fingerprint density at radius 2 is 2.07 bits per heavy atom.